The minimum atomic E-state index is -0.0678. The number of aliphatic hydroxyl groups is 2. The van der Waals surface area contributed by atoms with Gasteiger partial charge in [0.25, 0.3) is 0 Å². The molecule has 0 saturated carbocycles. The van der Waals surface area contributed by atoms with E-state index < -0.39 is 0 Å². The molecule has 1 rings (SSSR count). The molecule has 2 atom stereocenters. The number of nitrogens with one attached hydrogen (secondary N) is 1. The van der Waals surface area contributed by atoms with Gasteiger partial charge < -0.3 is 21.3 Å². The normalized spacial score (nSPS) is 21.9. The molecule has 2 unspecified atom stereocenters. The lowest BCUT2D eigenvalue weighted by atomic mass is 10.2. The molecule has 0 aromatic heterocycles. The highest BCUT2D eigenvalue weighted by Crippen LogP contribution is 2.09. The topological polar surface area (TPSA) is 100 Å². The van der Waals surface area contributed by atoms with Gasteiger partial charge in [0.2, 0.25) is 0 Å². The first-order valence-electron chi connectivity index (χ1n) is 7.35. The summed E-state index contributed by atoms with van der Waals surface area (Å²) in [5, 5.41) is 21.6. The second-order valence-electron chi connectivity index (χ2n) is 4.86. The zero-order valence-corrected chi connectivity index (χ0v) is 12.8. The van der Waals surface area contributed by atoms with Gasteiger partial charge in [0.05, 0.1) is 33.0 Å². The highest BCUT2D eigenvalue weighted by molar-refractivity contribution is 4.76. The molecule has 0 spiro atoms. The number of rotatable bonds is 9. The fourth-order valence-electron chi connectivity index (χ4n) is 1.82. The van der Waals surface area contributed by atoms with Crippen LogP contribution in [0.3, 0.4) is 0 Å². The van der Waals surface area contributed by atoms with Gasteiger partial charge in [-0.15, -0.1) is 0 Å². The van der Waals surface area contributed by atoms with Gasteiger partial charge in [0, 0.05) is 12.1 Å². The Morgan fingerprint density at radius 2 is 1.60 bits per heavy atom. The Bertz CT molecular complexity index is 183. The minimum Gasteiger partial charge on any atom is -0.394 e. The molecule has 1 aliphatic rings. The Morgan fingerprint density at radius 1 is 1.10 bits per heavy atom. The Hall–Kier alpha value is -0.280. The summed E-state index contributed by atoms with van der Waals surface area (Å²) in [6.45, 7) is 5.76. The fourth-order valence-corrected chi connectivity index (χ4v) is 1.82. The second-order valence-corrected chi connectivity index (χ2v) is 4.86. The summed E-state index contributed by atoms with van der Waals surface area (Å²) >= 11 is 0. The molecule has 0 aromatic carbocycles. The number of hydrogen-bond acceptors (Lipinski definition) is 7. The van der Waals surface area contributed by atoms with Crippen molar-refractivity contribution in [2.24, 2.45) is 5.73 Å². The van der Waals surface area contributed by atoms with Crippen LogP contribution in [-0.2, 0) is 9.68 Å². The molecule has 1 saturated heterocycles. The maximum atomic E-state index is 8.48. The molecule has 0 aromatic rings. The van der Waals surface area contributed by atoms with E-state index >= 15 is 0 Å². The van der Waals surface area contributed by atoms with Crippen LogP contribution in [0.25, 0.3) is 0 Å². The molecule has 1 aliphatic heterocycles. The van der Waals surface area contributed by atoms with Gasteiger partial charge in [-0.1, -0.05) is 5.23 Å². The zero-order valence-electron chi connectivity index (χ0n) is 12.8. The molecule has 0 radical (unpaired) electrons. The van der Waals surface area contributed by atoms with Crippen LogP contribution in [0, 0.1) is 0 Å². The smallest absolute Gasteiger partial charge is 0.0942 e. The van der Waals surface area contributed by atoms with Crippen LogP contribution in [0.2, 0.25) is 0 Å². The van der Waals surface area contributed by atoms with Gasteiger partial charge >= 0.3 is 0 Å². The van der Waals surface area contributed by atoms with E-state index in [1.165, 1.54) is 18.1 Å². The fraction of sp³-hybridized carbons (Fsp3) is 1.00. The molecule has 20 heavy (non-hydrogen) atoms. The van der Waals surface area contributed by atoms with Crippen molar-refractivity contribution in [3.63, 3.8) is 0 Å². The number of hydrogen-bond donors (Lipinski definition) is 4. The second kappa shape index (κ2) is 13.7. The molecular weight excluding hydrogens is 262 g/mol. The lowest BCUT2D eigenvalue weighted by Gasteiger charge is -2.19. The average molecular weight is 293 g/mol. The molecule has 7 heteroatoms. The van der Waals surface area contributed by atoms with E-state index in [1.54, 1.807) is 0 Å². The van der Waals surface area contributed by atoms with E-state index in [-0.39, 0.29) is 26.4 Å². The summed E-state index contributed by atoms with van der Waals surface area (Å²) in [5.41, 5.74) is 5.30. The first-order chi connectivity index (χ1) is 9.63. The SMILES string of the molecule is CC1CCC(C)N1.NCCCN(OCCO)OCCO. The van der Waals surface area contributed by atoms with Gasteiger partial charge in [-0.2, -0.15) is 0 Å². The Labute approximate surface area is 121 Å². The quantitative estimate of drug-likeness (QED) is 0.430. The predicted octanol–water partition coefficient (Wildman–Crippen LogP) is -0.368. The highest BCUT2D eigenvalue weighted by Gasteiger charge is 2.14. The van der Waals surface area contributed by atoms with Crippen molar-refractivity contribution in [3.05, 3.63) is 0 Å². The third-order valence-corrected chi connectivity index (χ3v) is 2.80. The molecular formula is C13H31N3O4. The summed E-state index contributed by atoms with van der Waals surface area (Å²) < 4.78 is 0. The van der Waals surface area contributed by atoms with Crippen LogP contribution < -0.4 is 11.1 Å². The van der Waals surface area contributed by atoms with E-state index in [0.717, 1.165) is 18.5 Å². The Morgan fingerprint density at radius 3 is 1.90 bits per heavy atom. The summed E-state index contributed by atoms with van der Waals surface area (Å²) in [6.07, 6.45) is 3.46. The van der Waals surface area contributed by atoms with Gasteiger partial charge in [-0.25, -0.2) is 0 Å². The lowest BCUT2D eigenvalue weighted by Crippen LogP contribution is -2.29. The summed E-state index contributed by atoms with van der Waals surface area (Å²) in [4.78, 5) is 9.98. The van der Waals surface area contributed by atoms with Crippen molar-refractivity contribution in [1.29, 1.82) is 0 Å². The maximum Gasteiger partial charge on any atom is 0.0942 e. The Kier molecular flexibility index (Phi) is 13.5. The van der Waals surface area contributed by atoms with Gasteiger partial charge in [-0.3, -0.25) is 9.68 Å². The molecule has 122 valence electrons. The first kappa shape index (κ1) is 19.7. The third kappa shape index (κ3) is 11.5. The molecule has 5 N–H and O–H groups in total. The zero-order chi connectivity index (χ0) is 15.2. The molecule has 0 aliphatic carbocycles. The Balaban J connectivity index is 0.000000428. The maximum absolute atomic E-state index is 8.48. The summed E-state index contributed by atoms with van der Waals surface area (Å²) in [6, 6.07) is 1.55. The van der Waals surface area contributed by atoms with E-state index in [0.29, 0.717) is 13.1 Å². The summed E-state index contributed by atoms with van der Waals surface area (Å²) in [5.74, 6) is 0. The van der Waals surface area contributed by atoms with Gasteiger partial charge in [0.15, 0.2) is 0 Å². The lowest BCUT2D eigenvalue weighted by molar-refractivity contribution is -0.371. The van der Waals surface area contributed by atoms with Crippen LogP contribution in [0.15, 0.2) is 0 Å². The largest absolute Gasteiger partial charge is 0.394 e. The van der Waals surface area contributed by atoms with Crippen molar-refractivity contribution in [3.8, 4) is 0 Å². The molecule has 0 bridgehead atoms. The number of aliphatic hydroxyl groups excluding tert-OH is 2. The standard InChI is InChI=1S/C7H18N2O4.C6H13N/c8-2-1-3-9(12-6-4-10)13-7-5-11;1-5-3-4-6(2)7-5/h10-11H,1-8H2;5-7H,3-4H2,1-2H3. The van der Waals surface area contributed by atoms with Gasteiger partial charge in [0.1, 0.15) is 0 Å². The first-order valence-corrected chi connectivity index (χ1v) is 7.35. The van der Waals surface area contributed by atoms with Crippen molar-refractivity contribution in [2.45, 2.75) is 45.2 Å². The van der Waals surface area contributed by atoms with E-state index in [1.807, 2.05) is 0 Å². The number of nitrogens with two attached hydrogens (primary N) is 1. The van der Waals surface area contributed by atoms with E-state index in [9.17, 15) is 0 Å². The van der Waals surface area contributed by atoms with Crippen molar-refractivity contribution >= 4 is 0 Å². The van der Waals surface area contributed by atoms with Crippen LogP contribution in [0.5, 0.6) is 0 Å². The van der Waals surface area contributed by atoms with Crippen molar-refractivity contribution in [1.82, 2.24) is 10.5 Å². The van der Waals surface area contributed by atoms with E-state index in [4.69, 9.17) is 25.6 Å². The molecule has 1 heterocycles. The molecule has 1 fully saturated rings. The van der Waals surface area contributed by atoms with Crippen molar-refractivity contribution in [2.75, 3.05) is 39.5 Å². The third-order valence-electron chi connectivity index (χ3n) is 2.80. The average Bonchev–Trinajstić information content (AvgIpc) is 2.82. The van der Waals surface area contributed by atoms with Crippen LogP contribution >= 0.6 is 0 Å². The molecule has 0 amide bonds. The van der Waals surface area contributed by atoms with Crippen LogP contribution in [-0.4, -0.2) is 67.0 Å². The minimum absolute atomic E-state index is 0.0678. The highest BCUT2D eigenvalue weighted by atomic mass is 16.9. The summed E-state index contributed by atoms with van der Waals surface area (Å²) in [7, 11) is 0. The predicted molar refractivity (Wildman–Crippen MR) is 77.7 cm³/mol. The van der Waals surface area contributed by atoms with Crippen LogP contribution in [0.1, 0.15) is 33.1 Å². The number of nitrogens with zero attached hydrogens (tertiary/aromatic N) is 1. The van der Waals surface area contributed by atoms with Gasteiger partial charge in [-0.05, 0) is 39.7 Å². The monoisotopic (exact) mass is 293 g/mol. The molecule has 7 nitrogen and oxygen atoms in total. The van der Waals surface area contributed by atoms with E-state index in [2.05, 4.69) is 19.2 Å². The van der Waals surface area contributed by atoms with Crippen molar-refractivity contribution < 1.29 is 19.9 Å². The number of hydroxylamine groups is 2. The van der Waals surface area contributed by atoms with Crippen LogP contribution in [0.4, 0.5) is 0 Å².